The molecule has 20 heavy (non-hydrogen) atoms. The molecule has 3 N–H and O–H groups in total. The summed E-state index contributed by atoms with van der Waals surface area (Å²) in [5.74, 6) is -0.345. The largest absolute Gasteiger partial charge is 0.398 e. The van der Waals surface area contributed by atoms with Crippen molar-refractivity contribution in [3.63, 3.8) is 0 Å². The minimum atomic E-state index is -0.377. The third kappa shape index (κ3) is 3.99. The zero-order chi connectivity index (χ0) is 14.5. The molecule has 0 aliphatic heterocycles. The average molecular weight is 290 g/mol. The number of hydrogen-bond donors (Lipinski definition) is 2. The van der Waals surface area contributed by atoms with Crippen LogP contribution in [-0.4, -0.2) is 11.7 Å². The molecule has 2 aromatic carbocycles. The van der Waals surface area contributed by atoms with Gasteiger partial charge < -0.3 is 11.1 Å². The lowest BCUT2D eigenvalue weighted by atomic mass is 10.2. The molecule has 0 radical (unpaired) electrons. The second kappa shape index (κ2) is 6.43. The molecule has 2 rings (SSSR count). The Morgan fingerprint density at radius 2 is 2.10 bits per heavy atom. The SMILES string of the molecule is Cc1ccc(SCC(=O)Nc2cccc(F)c2)c(N)c1. The van der Waals surface area contributed by atoms with Crippen LogP contribution < -0.4 is 11.1 Å². The van der Waals surface area contributed by atoms with E-state index in [1.165, 1.54) is 23.9 Å². The van der Waals surface area contributed by atoms with Crippen LogP contribution in [0.3, 0.4) is 0 Å². The predicted octanol–water partition coefficient (Wildman–Crippen LogP) is 3.45. The Labute approximate surface area is 121 Å². The van der Waals surface area contributed by atoms with Gasteiger partial charge in [0.1, 0.15) is 5.82 Å². The van der Waals surface area contributed by atoms with Crippen LogP contribution in [0.2, 0.25) is 0 Å². The normalized spacial score (nSPS) is 10.3. The lowest BCUT2D eigenvalue weighted by molar-refractivity contribution is -0.113. The van der Waals surface area contributed by atoms with E-state index < -0.39 is 0 Å². The van der Waals surface area contributed by atoms with Crippen LogP contribution in [0, 0.1) is 12.7 Å². The molecular formula is C15H15FN2OS. The van der Waals surface area contributed by atoms with Gasteiger partial charge in [-0.05, 0) is 42.8 Å². The van der Waals surface area contributed by atoms with E-state index in [0.717, 1.165) is 10.5 Å². The fourth-order valence-corrected chi connectivity index (χ4v) is 2.45. The standard InChI is InChI=1S/C15H15FN2OS/c1-10-5-6-14(13(17)7-10)20-9-15(19)18-12-4-2-3-11(16)8-12/h2-8H,9,17H2,1H3,(H,18,19). The average Bonchev–Trinajstić information content (AvgIpc) is 2.37. The summed E-state index contributed by atoms with van der Waals surface area (Å²) < 4.78 is 13.0. The van der Waals surface area contributed by atoms with Crippen LogP contribution in [0.5, 0.6) is 0 Å². The van der Waals surface area contributed by atoms with Gasteiger partial charge in [0.2, 0.25) is 5.91 Å². The Morgan fingerprint density at radius 1 is 1.30 bits per heavy atom. The van der Waals surface area contributed by atoms with Crippen LogP contribution in [-0.2, 0) is 4.79 Å². The molecule has 1 amide bonds. The third-order valence-corrected chi connectivity index (χ3v) is 3.72. The van der Waals surface area contributed by atoms with E-state index in [-0.39, 0.29) is 17.5 Å². The summed E-state index contributed by atoms with van der Waals surface area (Å²) in [5, 5.41) is 2.64. The quantitative estimate of drug-likeness (QED) is 0.670. The van der Waals surface area contributed by atoms with Crippen LogP contribution in [0.4, 0.5) is 15.8 Å². The number of carbonyl (C=O) groups is 1. The molecule has 0 aliphatic rings. The van der Waals surface area contributed by atoms with Gasteiger partial charge in [0.05, 0.1) is 5.75 Å². The summed E-state index contributed by atoms with van der Waals surface area (Å²) in [6.07, 6.45) is 0. The summed E-state index contributed by atoms with van der Waals surface area (Å²) in [5.41, 5.74) is 8.07. The van der Waals surface area contributed by atoms with Gasteiger partial charge in [0.15, 0.2) is 0 Å². The van der Waals surface area contributed by atoms with Gasteiger partial charge in [-0.3, -0.25) is 4.79 Å². The summed E-state index contributed by atoms with van der Waals surface area (Å²) in [6.45, 7) is 1.96. The maximum absolute atomic E-state index is 13.0. The van der Waals surface area contributed by atoms with E-state index in [4.69, 9.17) is 5.73 Å². The topological polar surface area (TPSA) is 55.1 Å². The highest BCUT2D eigenvalue weighted by Crippen LogP contribution is 2.25. The van der Waals surface area contributed by atoms with Crippen LogP contribution in [0.15, 0.2) is 47.4 Å². The molecule has 104 valence electrons. The number of carbonyl (C=O) groups excluding carboxylic acids is 1. The fraction of sp³-hybridized carbons (Fsp3) is 0.133. The monoisotopic (exact) mass is 290 g/mol. The highest BCUT2D eigenvalue weighted by atomic mass is 32.2. The molecule has 0 aromatic heterocycles. The zero-order valence-electron chi connectivity index (χ0n) is 11.0. The minimum Gasteiger partial charge on any atom is -0.398 e. The smallest absolute Gasteiger partial charge is 0.234 e. The Morgan fingerprint density at radius 3 is 2.80 bits per heavy atom. The number of amides is 1. The lowest BCUT2D eigenvalue weighted by Gasteiger charge is -2.07. The summed E-state index contributed by atoms with van der Waals surface area (Å²) >= 11 is 1.36. The van der Waals surface area contributed by atoms with E-state index in [0.29, 0.717) is 11.4 Å². The van der Waals surface area contributed by atoms with E-state index in [9.17, 15) is 9.18 Å². The van der Waals surface area contributed by atoms with E-state index >= 15 is 0 Å². The fourth-order valence-electron chi connectivity index (χ4n) is 1.71. The highest BCUT2D eigenvalue weighted by Gasteiger charge is 2.06. The van der Waals surface area contributed by atoms with Gasteiger partial charge >= 0.3 is 0 Å². The van der Waals surface area contributed by atoms with Crippen molar-refractivity contribution in [3.8, 4) is 0 Å². The molecule has 0 heterocycles. The molecular weight excluding hydrogens is 275 g/mol. The Kier molecular flexibility index (Phi) is 4.63. The van der Waals surface area contributed by atoms with Crippen LogP contribution in [0.25, 0.3) is 0 Å². The van der Waals surface area contributed by atoms with Crippen molar-refractivity contribution in [1.29, 1.82) is 0 Å². The van der Waals surface area contributed by atoms with Crippen molar-refractivity contribution in [2.45, 2.75) is 11.8 Å². The minimum absolute atomic E-state index is 0.194. The van der Waals surface area contributed by atoms with Gasteiger partial charge in [0.25, 0.3) is 0 Å². The molecule has 3 nitrogen and oxygen atoms in total. The number of nitrogen functional groups attached to an aromatic ring is 1. The predicted molar refractivity (Wildman–Crippen MR) is 81.3 cm³/mol. The Hall–Kier alpha value is -2.01. The number of halogens is 1. The van der Waals surface area contributed by atoms with Crippen LogP contribution >= 0.6 is 11.8 Å². The molecule has 0 aliphatic carbocycles. The molecule has 5 heteroatoms. The molecule has 0 bridgehead atoms. The maximum atomic E-state index is 13.0. The van der Waals surface area contributed by atoms with Gasteiger partial charge in [-0.15, -0.1) is 11.8 Å². The lowest BCUT2D eigenvalue weighted by Crippen LogP contribution is -2.14. The summed E-state index contributed by atoms with van der Waals surface area (Å²) in [6, 6.07) is 11.5. The van der Waals surface area contributed by atoms with Crippen molar-refractivity contribution in [3.05, 3.63) is 53.8 Å². The van der Waals surface area contributed by atoms with Gasteiger partial charge in [0, 0.05) is 16.3 Å². The maximum Gasteiger partial charge on any atom is 0.234 e. The second-order valence-corrected chi connectivity index (χ2v) is 5.41. The number of nitrogens with two attached hydrogens (primary N) is 1. The van der Waals surface area contributed by atoms with Gasteiger partial charge in [-0.25, -0.2) is 4.39 Å². The number of nitrogens with one attached hydrogen (secondary N) is 1. The molecule has 0 fully saturated rings. The van der Waals surface area contributed by atoms with Crippen molar-refractivity contribution in [2.24, 2.45) is 0 Å². The number of aryl methyl sites for hydroxylation is 1. The van der Waals surface area contributed by atoms with Crippen LogP contribution in [0.1, 0.15) is 5.56 Å². The number of hydrogen-bond acceptors (Lipinski definition) is 3. The van der Waals surface area contributed by atoms with Crippen molar-refractivity contribution < 1.29 is 9.18 Å². The third-order valence-electron chi connectivity index (χ3n) is 2.63. The zero-order valence-corrected chi connectivity index (χ0v) is 11.8. The first-order valence-electron chi connectivity index (χ1n) is 6.09. The molecule has 0 spiro atoms. The van der Waals surface area contributed by atoms with Crippen molar-refractivity contribution >= 4 is 29.0 Å². The van der Waals surface area contributed by atoms with E-state index in [2.05, 4.69) is 5.32 Å². The number of anilines is 2. The molecule has 0 atom stereocenters. The Bertz CT molecular complexity index is 631. The summed E-state index contributed by atoms with van der Waals surface area (Å²) in [4.78, 5) is 12.6. The van der Waals surface area contributed by atoms with Crippen molar-refractivity contribution in [1.82, 2.24) is 0 Å². The van der Waals surface area contributed by atoms with E-state index in [1.807, 2.05) is 25.1 Å². The first kappa shape index (κ1) is 14.4. The number of benzene rings is 2. The molecule has 0 unspecified atom stereocenters. The van der Waals surface area contributed by atoms with Crippen molar-refractivity contribution in [2.75, 3.05) is 16.8 Å². The highest BCUT2D eigenvalue weighted by molar-refractivity contribution is 8.00. The number of thioether (sulfide) groups is 1. The molecule has 0 saturated heterocycles. The first-order chi connectivity index (χ1) is 9.54. The van der Waals surface area contributed by atoms with Gasteiger partial charge in [-0.2, -0.15) is 0 Å². The van der Waals surface area contributed by atoms with Gasteiger partial charge in [-0.1, -0.05) is 12.1 Å². The molecule has 0 saturated carbocycles. The van der Waals surface area contributed by atoms with E-state index in [1.54, 1.807) is 12.1 Å². The Balaban J connectivity index is 1.92. The summed E-state index contributed by atoms with van der Waals surface area (Å²) in [7, 11) is 0. The number of rotatable bonds is 4. The second-order valence-electron chi connectivity index (χ2n) is 4.39. The molecule has 2 aromatic rings. The first-order valence-corrected chi connectivity index (χ1v) is 7.07.